The molecule has 1 fully saturated rings. The van der Waals surface area contributed by atoms with Gasteiger partial charge in [0.2, 0.25) is 0 Å². The second kappa shape index (κ2) is 8.31. The minimum atomic E-state index is -2.32. The number of carboxylic acid groups (broad SMARTS) is 1. The van der Waals surface area contributed by atoms with Crippen molar-refractivity contribution in [2.45, 2.75) is 42.9 Å². The van der Waals surface area contributed by atoms with Crippen LogP contribution < -0.4 is 17.2 Å². The van der Waals surface area contributed by atoms with E-state index in [-0.39, 0.29) is 18.7 Å². The molecule has 7 N–H and O–H groups in total. The van der Waals surface area contributed by atoms with Gasteiger partial charge >= 0.3 is 17.6 Å². The summed E-state index contributed by atoms with van der Waals surface area (Å²) in [6.45, 7) is -0.599. The Balaban J connectivity index is 2.13. The summed E-state index contributed by atoms with van der Waals surface area (Å²) in [5.74, 6) is -2.21. The van der Waals surface area contributed by atoms with Crippen molar-refractivity contribution in [1.29, 1.82) is 5.26 Å². The summed E-state index contributed by atoms with van der Waals surface area (Å²) in [5.41, 5.74) is 7.58. The molecule has 0 aliphatic carbocycles. The van der Waals surface area contributed by atoms with E-state index in [2.05, 4.69) is 4.98 Å². The third kappa shape index (κ3) is 4.10. The van der Waals surface area contributed by atoms with Crippen LogP contribution >= 0.6 is 0 Å². The van der Waals surface area contributed by atoms with Gasteiger partial charge in [0.15, 0.2) is 0 Å². The minimum Gasteiger partial charge on any atom is -0.481 e. The fourth-order valence-corrected chi connectivity index (χ4v) is 2.62. The van der Waals surface area contributed by atoms with Crippen LogP contribution in [0.3, 0.4) is 0 Å². The summed E-state index contributed by atoms with van der Waals surface area (Å²) in [6.07, 6.45) is -4.37. The standard InChI is InChI=1S/C15H19N5O8/c16-6-15(20-4-3-9(18)19-14(20)26)12(24)11(23)8(28-15)5-27-13(25)7(17)1-2-10(21)22/h3-4,7-8,11-12,23-24H,1-2,5,17H2,(H,21,22)(H2,18,19,26)/t7-,8+,11?,12-,15+/m0/s1. The van der Waals surface area contributed by atoms with E-state index in [1.165, 1.54) is 6.07 Å². The lowest BCUT2D eigenvalue weighted by atomic mass is 10.0. The van der Waals surface area contributed by atoms with Gasteiger partial charge in [0, 0.05) is 12.6 Å². The summed E-state index contributed by atoms with van der Waals surface area (Å²) in [4.78, 5) is 37.8. The predicted molar refractivity (Wildman–Crippen MR) is 89.2 cm³/mol. The molecule has 0 aromatic carbocycles. The van der Waals surface area contributed by atoms with Crippen LogP contribution in [0.1, 0.15) is 12.8 Å². The molecule has 5 atom stereocenters. The van der Waals surface area contributed by atoms with E-state index in [1.54, 1.807) is 6.07 Å². The Morgan fingerprint density at radius 2 is 2.18 bits per heavy atom. The van der Waals surface area contributed by atoms with Gasteiger partial charge in [-0.3, -0.25) is 14.2 Å². The predicted octanol–water partition coefficient (Wildman–Crippen LogP) is -3.14. The molecule has 1 saturated heterocycles. The van der Waals surface area contributed by atoms with Gasteiger partial charge in [-0.1, -0.05) is 0 Å². The second-order valence-electron chi connectivity index (χ2n) is 6.07. The number of aromatic nitrogens is 2. The van der Waals surface area contributed by atoms with Crippen molar-refractivity contribution in [3.05, 3.63) is 22.7 Å². The highest BCUT2D eigenvalue weighted by molar-refractivity contribution is 5.76. The van der Waals surface area contributed by atoms with Gasteiger partial charge in [0.1, 0.15) is 42.8 Å². The number of aliphatic carboxylic acids is 1. The zero-order chi connectivity index (χ0) is 21.1. The number of carbonyl (C=O) groups excluding carboxylic acids is 1. The first-order chi connectivity index (χ1) is 13.1. The number of aliphatic hydroxyl groups excluding tert-OH is 2. The Hall–Kier alpha value is -3.05. The number of nitrogens with zero attached hydrogens (tertiary/aromatic N) is 3. The molecule has 2 rings (SSSR count). The van der Waals surface area contributed by atoms with Crippen LogP contribution in [-0.2, 0) is 24.8 Å². The molecule has 152 valence electrons. The Kier molecular flexibility index (Phi) is 6.31. The van der Waals surface area contributed by atoms with Gasteiger partial charge in [0.05, 0.1) is 0 Å². The lowest BCUT2D eigenvalue weighted by molar-refractivity contribution is -0.155. The van der Waals surface area contributed by atoms with Crippen molar-refractivity contribution in [1.82, 2.24) is 9.55 Å². The molecule has 1 aliphatic heterocycles. The average molecular weight is 397 g/mol. The molecular weight excluding hydrogens is 378 g/mol. The second-order valence-corrected chi connectivity index (χ2v) is 6.07. The third-order valence-electron chi connectivity index (χ3n) is 4.14. The Morgan fingerprint density at radius 3 is 2.75 bits per heavy atom. The normalized spacial score (nSPS) is 27.7. The molecule has 13 nitrogen and oxygen atoms in total. The topological polar surface area (TPSA) is 224 Å². The highest BCUT2D eigenvalue weighted by Crippen LogP contribution is 2.34. The molecule has 0 bridgehead atoms. The van der Waals surface area contributed by atoms with Crippen molar-refractivity contribution in [2.24, 2.45) is 5.73 Å². The summed E-state index contributed by atoms with van der Waals surface area (Å²) < 4.78 is 10.9. The van der Waals surface area contributed by atoms with Crippen LogP contribution in [0.4, 0.5) is 5.82 Å². The molecule has 0 spiro atoms. The minimum absolute atomic E-state index is 0.122. The van der Waals surface area contributed by atoms with Gasteiger partial charge in [-0.25, -0.2) is 4.79 Å². The van der Waals surface area contributed by atoms with Crippen LogP contribution in [0.25, 0.3) is 0 Å². The molecule has 2 heterocycles. The number of esters is 1. The maximum atomic E-state index is 12.0. The van der Waals surface area contributed by atoms with Gasteiger partial charge in [-0.15, -0.1) is 0 Å². The molecule has 1 aromatic heterocycles. The number of hydrogen-bond acceptors (Lipinski definition) is 11. The molecule has 1 aromatic rings. The highest BCUT2D eigenvalue weighted by atomic mass is 16.6. The third-order valence-corrected chi connectivity index (χ3v) is 4.14. The maximum Gasteiger partial charge on any atom is 0.352 e. The summed E-state index contributed by atoms with van der Waals surface area (Å²) in [7, 11) is 0. The number of hydrogen-bond donors (Lipinski definition) is 5. The number of anilines is 1. The average Bonchev–Trinajstić information content (AvgIpc) is 2.89. The van der Waals surface area contributed by atoms with Crippen LogP contribution in [0.15, 0.2) is 17.1 Å². The summed E-state index contributed by atoms with van der Waals surface area (Å²) >= 11 is 0. The monoisotopic (exact) mass is 397 g/mol. The Labute approximate surface area is 157 Å². The van der Waals surface area contributed by atoms with E-state index in [4.69, 9.17) is 26.0 Å². The van der Waals surface area contributed by atoms with Gasteiger partial charge in [-0.05, 0) is 12.5 Å². The number of nitrogen functional groups attached to an aromatic ring is 1. The van der Waals surface area contributed by atoms with E-state index in [0.29, 0.717) is 4.57 Å². The number of rotatable bonds is 7. The summed E-state index contributed by atoms with van der Waals surface area (Å²) in [6, 6.07) is 1.60. The quantitative estimate of drug-likeness (QED) is 0.288. The highest BCUT2D eigenvalue weighted by Gasteiger charge is 2.57. The Bertz CT molecular complexity index is 852. The van der Waals surface area contributed by atoms with E-state index < -0.39 is 54.3 Å². The molecule has 0 amide bonds. The number of carboxylic acids is 1. The smallest absolute Gasteiger partial charge is 0.352 e. The number of nitriles is 1. The maximum absolute atomic E-state index is 12.0. The van der Waals surface area contributed by atoms with Crippen molar-refractivity contribution in [2.75, 3.05) is 12.3 Å². The first-order valence-electron chi connectivity index (χ1n) is 8.07. The van der Waals surface area contributed by atoms with Crippen LogP contribution in [0.2, 0.25) is 0 Å². The molecule has 0 saturated carbocycles. The van der Waals surface area contributed by atoms with Crippen LogP contribution in [0.5, 0.6) is 0 Å². The van der Waals surface area contributed by atoms with Crippen molar-refractivity contribution >= 4 is 17.8 Å². The fourth-order valence-electron chi connectivity index (χ4n) is 2.62. The van der Waals surface area contributed by atoms with Crippen LogP contribution in [-0.4, -0.2) is 67.8 Å². The Morgan fingerprint density at radius 1 is 1.50 bits per heavy atom. The first-order valence-corrected chi connectivity index (χ1v) is 8.07. The molecule has 13 heteroatoms. The van der Waals surface area contributed by atoms with E-state index >= 15 is 0 Å². The summed E-state index contributed by atoms with van der Waals surface area (Å²) in [5, 5.41) is 38.6. The van der Waals surface area contributed by atoms with Crippen LogP contribution in [0, 0.1) is 11.3 Å². The van der Waals surface area contributed by atoms with E-state index in [9.17, 15) is 29.9 Å². The fraction of sp³-hybridized carbons (Fsp3) is 0.533. The SMILES string of the molecule is N#C[C@@]1(n2ccc(N)nc2=O)O[C@H](COC(=O)[C@@H](N)CCC(=O)O)C(O)[C@@H]1O. The van der Waals surface area contributed by atoms with Crippen molar-refractivity contribution in [3.8, 4) is 6.07 Å². The number of carbonyl (C=O) groups is 2. The van der Waals surface area contributed by atoms with Gasteiger partial charge in [0.25, 0.3) is 5.72 Å². The van der Waals surface area contributed by atoms with Crippen molar-refractivity contribution < 1.29 is 34.4 Å². The zero-order valence-electron chi connectivity index (χ0n) is 14.5. The van der Waals surface area contributed by atoms with Gasteiger partial charge in [-0.2, -0.15) is 10.2 Å². The number of nitrogens with two attached hydrogens (primary N) is 2. The zero-order valence-corrected chi connectivity index (χ0v) is 14.5. The number of ether oxygens (including phenoxy) is 2. The molecule has 28 heavy (non-hydrogen) atoms. The molecular formula is C15H19N5O8. The van der Waals surface area contributed by atoms with Gasteiger partial charge < -0.3 is 36.3 Å². The molecule has 1 unspecified atom stereocenters. The van der Waals surface area contributed by atoms with Crippen molar-refractivity contribution in [3.63, 3.8) is 0 Å². The molecule has 0 radical (unpaired) electrons. The van der Waals surface area contributed by atoms with E-state index in [1.807, 2.05) is 0 Å². The van der Waals surface area contributed by atoms with E-state index in [0.717, 1.165) is 6.20 Å². The number of aliphatic hydroxyl groups is 2. The molecule has 1 aliphatic rings. The largest absolute Gasteiger partial charge is 0.481 e. The first kappa shape index (κ1) is 21.3. The lowest BCUT2D eigenvalue weighted by Crippen LogP contribution is -2.49. The lowest BCUT2D eigenvalue weighted by Gasteiger charge is -2.26.